The number of primary amides is 1. The average Bonchev–Trinajstić information content (AvgIpc) is 2.70. The van der Waals surface area contributed by atoms with Gasteiger partial charge in [-0.2, -0.15) is 0 Å². The first-order valence-electron chi connectivity index (χ1n) is 9.11. The first-order chi connectivity index (χ1) is 13.8. The zero-order chi connectivity index (χ0) is 21.1. The van der Waals surface area contributed by atoms with Crippen molar-refractivity contribution < 1.29 is 9.53 Å². The summed E-state index contributed by atoms with van der Waals surface area (Å²) in [5, 5.41) is 0. The number of nitrogens with zero attached hydrogens (tertiary/aromatic N) is 3. The van der Waals surface area contributed by atoms with Crippen molar-refractivity contribution in [3.63, 3.8) is 0 Å². The van der Waals surface area contributed by atoms with Gasteiger partial charge in [0.15, 0.2) is 11.5 Å². The lowest BCUT2D eigenvalue weighted by atomic mass is 10.0. The highest BCUT2D eigenvalue weighted by Gasteiger charge is 2.25. The van der Waals surface area contributed by atoms with Crippen LogP contribution in [0.25, 0.3) is 11.3 Å². The molecule has 1 amide bonds. The van der Waals surface area contributed by atoms with Gasteiger partial charge in [-0.05, 0) is 19.9 Å². The molecule has 3 rings (SSSR count). The van der Waals surface area contributed by atoms with Gasteiger partial charge in [0.25, 0.3) is 11.5 Å². The molecule has 150 valence electrons. The third kappa shape index (κ3) is 4.02. The molecule has 3 aromatic rings. The van der Waals surface area contributed by atoms with Crippen molar-refractivity contribution in [2.75, 3.05) is 12.8 Å². The molecule has 0 fully saturated rings. The van der Waals surface area contributed by atoms with Crippen molar-refractivity contribution >= 4 is 11.7 Å². The number of nitrogens with two attached hydrogens (primary N) is 2. The second-order valence-corrected chi connectivity index (χ2v) is 6.84. The maximum Gasteiger partial charge on any atom is 0.271 e. The number of carbonyl (C=O) groups excluding carboxylic acids is 1. The van der Waals surface area contributed by atoms with E-state index in [1.807, 2.05) is 44.2 Å². The zero-order valence-corrected chi connectivity index (χ0v) is 16.5. The van der Waals surface area contributed by atoms with Crippen LogP contribution in [0.3, 0.4) is 0 Å². The average molecular weight is 393 g/mol. The molecule has 1 unspecified atom stereocenters. The minimum Gasteiger partial charge on any atom is -0.382 e. The largest absolute Gasteiger partial charge is 0.382 e. The molecular weight excluding hydrogens is 370 g/mol. The van der Waals surface area contributed by atoms with Gasteiger partial charge in [0, 0.05) is 36.5 Å². The monoisotopic (exact) mass is 393 g/mol. The summed E-state index contributed by atoms with van der Waals surface area (Å²) < 4.78 is 7.32. The summed E-state index contributed by atoms with van der Waals surface area (Å²) in [5.41, 5.74) is 13.4. The van der Waals surface area contributed by atoms with Gasteiger partial charge < -0.3 is 20.8 Å². The number of methoxy groups -OCH3 is 1. The number of hydrogen-bond acceptors (Lipinski definition) is 6. The molecule has 0 spiro atoms. The summed E-state index contributed by atoms with van der Waals surface area (Å²) in [6.45, 7) is 3.83. The molecule has 0 aliphatic heterocycles. The number of rotatable bonds is 6. The van der Waals surface area contributed by atoms with E-state index in [0.717, 1.165) is 5.56 Å². The van der Waals surface area contributed by atoms with Crippen molar-refractivity contribution in [1.82, 2.24) is 14.5 Å². The standard InChI is InChI=1S/C21H23N5O3/c1-12(2)26-11-14(9-10-15(26)27)19(29-3)17-16(13-7-5-4-6-8-13)25-20(22)18(24-17)21(23)28/h4-12,19H,1-3H3,(H2,22,25)(H2,23,28). The molecule has 4 N–H and O–H groups in total. The van der Waals surface area contributed by atoms with Crippen LogP contribution in [-0.2, 0) is 4.74 Å². The number of amides is 1. The van der Waals surface area contributed by atoms with Gasteiger partial charge >= 0.3 is 0 Å². The lowest BCUT2D eigenvalue weighted by Gasteiger charge is -2.21. The quantitative estimate of drug-likeness (QED) is 0.662. The second-order valence-electron chi connectivity index (χ2n) is 6.84. The van der Waals surface area contributed by atoms with E-state index in [-0.39, 0.29) is 23.1 Å². The third-order valence-electron chi connectivity index (χ3n) is 4.53. The number of anilines is 1. The van der Waals surface area contributed by atoms with E-state index in [2.05, 4.69) is 9.97 Å². The van der Waals surface area contributed by atoms with Crippen LogP contribution in [0.1, 0.15) is 47.7 Å². The normalized spacial score (nSPS) is 12.1. The zero-order valence-electron chi connectivity index (χ0n) is 16.5. The highest BCUT2D eigenvalue weighted by Crippen LogP contribution is 2.32. The molecule has 29 heavy (non-hydrogen) atoms. The van der Waals surface area contributed by atoms with E-state index in [1.165, 1.54) is 13.2 Å². The second kappa shape index (κ2) is 8.24. The van der Waals surface area contributed by atoms with E-state index < -0.39 is 12.0 Å². The minimum absolute atomic E-state index is 0.0350. The number of aromatic nitrogens is 3. The summed E-state index contributed by atoms with van der Waals surface area (Å²) in [5.74, 6) is -0.833. The number of hydrogen-bond donors (Lipinski definition) is 2. The molecule has 2 heterocycles. The molecule has 8 heteroatoms. The summed E-state index contributed by atoms with van der Waals surface area (Å²) in [6, 6.07) is 12.4. The Balaban J connectivity index is 2.26. The summed E-state index contributed by atoms with van der Waals surface area (Å²) in [6.07, 6.45) is 1.03. The van der Waals surface area contributed by atoms with Crippen molar-refractivity contribution in [3.8, 4) is 11.3 Å². The number of nitrogen functional groups attached to an aromatic ring is 1. The van der Waals surface area contributed by atoms with Gasteiger partial charge in [-0.3, -0.25) is 9.59 Å². The predicted molar refractivity (Wildman–Crippen MR) is 110 cm³/mol. The third-order valence-corrected chi connectivity index (χ3v) is 4.53. The summed E-state index contributed by atoms with van der Waals surface area (Å²) in [7, 11) is 1.52. The predicted octanol–water partition coefficient (Wildman–Crippen LogP) is 2.30. The fourth-order valence-electron chi connectivity index (χ4n) is 3.12. The van der Waals surface area contributed by atoms with Gasteiger partial charge in [-0.15, -0.1) is 0 Å². The highest BCUT2D eigenvalue weighted by atomic mass is 16.5. The fourth-order valence-corrected chi connectivity index (χ4v) is 3.12. The first kappa shape index (κ1) is 20.2. The van der Waals surface area contributed by atoms with Crippen LogP contribution in [0.2, 0.25) is 0 Å². The van der Waals surface area contributed by atoms with E-state index in [0.29, 0.717) is 17.0 Å². The Kier molecular flexibility index (Phi) is 5.74. The molecule has 0 aliphatic rings. The van der Waals surface area contributed by atoms with Crippen molar-refractivity contribution in [1.29, 1.82) is 0 Å². The van der Waals surface area contributed by atoms with Crippen LogP contribution in [0, 0.1) is 0 Å². The SMILES string of the molecule is COC(c1ccc(=O)n(C(C)C)c1)c1nc(C(N)=O)c(N)nc1-c1ccccc1. The summed E-state index contributed by atoms with van der Waals surface area (Å²) >= 11 is 0. The van der Waals surface area contributed by atoms with Crippen LogP contribution >= 0.6 is 0 Å². The van der Waals surface area contributed by atoms with Crippen LogP contribution in [0.5, 0.6) is 0 Å². The molecule has 0 saturated heterocycles. The molecule has 1 aromatic carbocycles. The smallest absolute Gasteiger partial charge is 0.271 e. The lowest BCUT2D eigenvalue weighted by molar-refractivity contribution is 0.0993. The van der Waals surface area contributed by atoms with Gasteiger partial charge in [0.1, 0.15) is 11.8 Å². The molecular formula is C21H23N5O3. The van der Waals surface area contributed by atoms with Crippen LogP contribution in [-0.4, -0.2) is 27.6 Å². The molecule has 1 atom stereocenters. The van der Waals surface area contributed by atoms with Gasteiger partial charge in [-0.25, -0.2) is 9.97 Å². The van der Waals surface area contributed by atoms with Crippen molar-refractivity contribution in [2.45, 2.75) is 26.0 Å². The molecule has 2 aromatic heterocycles. The van der Waals surface area contributed by atoms with E-state index >= 15 is 0 Å². The minimum atomic E-state index is -0.780. The molecule has 0 saturated carbocycles. The number of benzene rings is 1. The summed E-state index contributed by atoms with van der Waals surface area (Å²) in [4.78, 5) is 32.8. The number of pyridine rings is 1. The molecule has 0 radical (unpaired) electrons. The Labute approximate surface area is 168 Å². The van der Waals surface area contributed by atoms with Gasteiger partial charge in [-0.1, -0.05) is 30.3 Å². The first-order valence-corrected chi connectivity index (χ1v) is 9.11. The molecule has 8 nitrogen and oxygen atoms in total. The topological polar surface area (TPSA) is 126 Å². The van der Waals surface area contributed by atoms with E-state index in [4.69, 9.17) is 16.2 Å². The Hall–Kier alpha value is -3.52. The fraction of sp³-hybridized carbons (Fsp3) is 0.238. The van der Waals surface area contributed by atoms with Crippen molar-refractivity contribution in [3.05, 3.63) is 76.0 Å². The maximum absolute atomic E-state index is 12.2. The van der Waals surface area contributed by atoms with Crippen molar-refractivity contribution in [2.24, 2.45) is 5.73 Å². The highest BCUT2D eigenvalue weighted by molar-refractivity contribution is 5.95. The van der Waals surface area contributed by atoms with Gasteiger partial charge in [0.2, 0.25) is 0 Å². The van der Waals surface area contributed by atoms with E-state index in [1.54, 1.807) is 16.8 Å². The lowest BCUT2D eigenvalue weighted by Crippen LogP contribution is -2.23. The Morgan fingerprint density at radius 1 is 1.10 bits per heavy atom. The van der Waals surface area contributed by atoms with Crippen LogP contribution in [0.4, 0.5) is 5.82 Å². The molecule has 0 bridgehead atoms. The number of carbonyl (C=O) groups is 1. The number of ether oxygens (including phenoxy) is 1. The van der Waals surface area contributed by atoms with Gasteiger partial charge in [0.05, 0.1) is 5.69 Å². The maximum atomic E-state index is 12.2. The van der Waals surface area contributed by atoms with Crippen LogP contribution in [0.15, 0.2) is 53.5 Å². The Morgan fingerprint density at radius 2 is 1.79 bits per heavy atom. The Morgan fingerprint density at radius 3 is 2.38 bits per heavy atom. The molecule has 0 aliphatic carbocycles. The van der Waals surface area contributed by atoms with E-state index in [9.17, 15) is 9.59 Å². The Bertz CT molecular complexity index is 1090. The van der Waals surface area contributed by atoms with Crippen LogP contribution < -0.4 is 17.0 Å².